The second-order valence-electron chi connectivity index (χ2n) is 12.7. The van der Waals surface area contributed by atoms with E-state index in [2.05, 4.69) is 6.92 Å². The fourth-order valence-electron chi connectivity index (χ4n) is 6.11. The molecule has 0 aromatic rings. The molecular weight excluding hydrogens is 625 g/mol. The zero-order valence-corrected chi connectivity index (χ0v) is 28.6. The Labute approximate surface area is 274 Å². The predicted octanol–water partition coefficient (Wildman–Crippen LogP) is 2.01. The van der Waals surface area contributed by atoms with Crippen LogP contribution in [0.15, 0.2) is 0 Å². The number of aliphatic hydroxyl groups is 6. The Morgan fingerprint density at radius 2 is 1.15 bits per heavy atom. The molecule has 0 spiro atoms. The van der Waals surface area contributed by atoms with Gasteiger partial charge in [-0.1, -0.05) is 103 Å². The van der Waals surface area contributed by atoms with Crippen molar-refractivity contribution in [3.8, 4) is 0 Å². The van der Waals surface area contributed by atoms with E-state index in [0.29, 0.717) is 6.42 Å². The molecule has 15 heteroatoms. The van der Waals surface area contributed by atoms with Gasteiger partial charge >= 0.3 is 7.82 Å². The maximum absolute atomic E-state index is 12.9. The number of phosphoric acid groups is 1. The van der Waals surface area contributed by atoms with Crippen molar-refractivity contribution in [2.75, 3.05) is 20.3 Å². The molecule has 2 fully saturated rings. The van der Waals surface area contributed by atoms with Gasteiger partial charge in [0.05, 0.1) is 19.3 Å². The van der Waals surface area contributed by atoms with Crippen LogP contribution < -0.4 is 5.73 Å². The fraction of sp³-hybridized carbons (Fsp3) is 1.00. The predicted molar refractivity (Wildman–Crippen MR) is 170 cm³/mol. The Kier molecular flexibility index (Phi) is 20.4. The molecule has 1 aliphatic carbocycles. The van der Waals surface area contributed by atoms with Crippen molar-refractivity contribution in [2.24, 2.45) is 5.73 Å². The number of hydrogen-bond donors (Lipinski definition) is 8. The summed E-state index contributed by atoms with van der Waals surface area (Å²) < 4.78 is 39.8. The number of ether oxygens (including phenoxy) is 3. The number of phosphoric ester groups is 1. The molecule has 1 aliphatic heterocycles. The van der Waals surface area contributed by atoms with Gasteiger partial charge in [0.15, 0.2) is 6.29 Å². The number of hydrogen-bond acceptors (Lipinski definition) is 13. The third-order valence-electron chi connectivity index (χ3n) is 9.02. The summed E-state index contributed by atoms with van der Waals surface area (Å²) in [6, 6.07) is -1.37. The summed E-state index contributed by atoms with van der Waals surface area (Å²) >= 11 is 0. The first-order valence-corrected chi connectivity index (χ1v) is 18.7. The highest BCUT2D eigenvalue weighted by Crippen LogP contribution is 2.48. The van der Waals surface area contributed by atoms with Crippen LogP contribution in [0.25, 0.3) is 0 Å². The summed E-state index contributed by atoms with van der Waals surface area (Å²) in [5, 5.41) is 61.5. The van der Waals surface area contributed by atoms with E-state index in [0.717, 1.165) is 32.8 Å². The van der Waals surface area contributed by atoms with Crippen molar-refractivity contribution in [1.29, 1.82) is 0 Å². The highest BCUT2D eigenvalue weighted by Gasteiger charge is 2.55. The van der Waals surface area contributed by atoms with Crippen LogP contribution in [0.4, 0.5) is 0 Å². The zero-order chi connectivity index (χ0) is 34.1. The summed E-state index contributed by atoms with van der Waals surface area (Å²) in [4.78, 5) is 10.5. The Morgan fingerprint density at radius 1 is 0.674 bits per heavy atom. The Hall–Kier alpha value is -0.290. The van der Waals surface area contributed by atoms with Gasteiger partial charge in [-0.3, -0.25) is 9.05 Å². The lowest BCUT2D eigenvalue weighted by atomic mass is 9.84. The molecule has 1 unspecified atom stereocenters. The standard InChI is InChI=1S/C31H62NO13P/c1-3-4-5-6-7-8-9-10-11-12-13-14-15-16-17-18-19-42-46(39,40)45-30-28(41-2)26(37)25(36)27(38)29(30)44-31-22(32)24(35)23(34)21(20-33)43-31/h21-31,33-38H,3-20,32H2,1-2H3,(H,39,40)/t21-,22-,23-,24-,25-,26-,27+,28-,29-,30-,31-/m1/s1. The van der Waals surface area contributed by atoms with Crippen molar-refractivity contribution >= 4 is 7.82 Å². The van der Waals surface area contributed by atoms with Gasteiger partial charge in [-0.2, -0.15) is 0 Å². The summed E-state index contributed by atoms with van der Waals surface area (Å²) in [7, 11) is -3.62. The van der Waals surface area contributed by atoms with Gasteiger partial charge in [-0.15, -0.1) is 0 Å². The van der Waals surface area contributed by atoms with E-state index in [4.69, 9.17) is 29.0 Å². The average Bonchev–Trinajstić information content (AvgIpc) is 3.03. The van der Waals surface area contributed by atoms with Crippen molar-refractivity contribution in [3.05, 3.63) is 0 Å². The molecule has 2 rings (SSSR count). The topological polar surface area (TPSA) is 231 Å². The lowest BCUT2D eigenvalue weighted by Gasteiger charge is -2.48. The quantitative estimate of drug-likeness (QED) is 0.0536. The molecule has 2 aliphatic rings. The number of aliphatic hydroxyl groups excluding tert-OH is 6. The smallest absolute Gasteiger partial charge is 0.394 e. The van der Waals surface area contributed by atoms with Crippen LogP contribution in [0, 0.1) is 0 Å². The van der Waals surface area contributed by atoms with Crippen LogP contribution in [0.3, 0.4) is 0 Å². The maximum Gasteiger partial charge on any atom is 0.472 e. The van der Waals surface area contributed by atoms with Gasteiger partial charge in [-0.05, 0) is 6.42 Å². The summed E-state index contributed by atoms with van der Waals surface area (Å²) in [6.45, 7) is 1.47. The highest BCUT2D eigenvalue weighted by molar-refractivity contribution is 7.47. The number of unbranched alkanes of at least 4 members (excludes halogenated alkanes) is 15. The van der Waals surface area contributed by atoms with Gasteiger partial charge in [0.25, 0.3) is 0 Å². The first-order chi connectivity index (χ1) is 22.0. The molecule has 1 heterocycles. The lowest BCUT2D eigenvalue weighted by molar-refractivity contribution is -0.316. The number of methoxy groups -OCH3 is 1. The summed E-state index contributed by atoms with van der Waals surface area (Å²) in [5.74, 6) is 0. The maximum atomic E-state index is 12.9. The molecule has 12 atom stereocenters. The van der Waals surface area contributed by atoms with E-state index in [-0.39, 0.29) is 6.61 Å². The molecule has 14 nitrogen and oxygen atoms in total. The summed E-state index contributed by atoms with van der Waals surface area (Å²) in [6.07, 6.45) is 2.81. The number of nitrogens with two attached hydrogens (primary N) is 1. The van der Waals surface area contributed by atoms with E-state index in [1.807, 2.05) is 0 Å². The van der Waals surface area contributed by atoms with E-state index in [1.165, 1.54) is 70.6 Å². The third-order valence-corrected chi connectivity index (χ3v) is 10.0. The van der Waals surface area contributed by atoms with Gasteiger partial charge in [0.2, 0.25) is 0 Å². The first kappa shape index (κ1) is 41.9. The van der Waals surface area contributed by atoms with E-state index >= 15 is 0 Å². The minimum atomic E-state index is -4.79. The molecule has 1 saturated carbocycles. The molecule has 9 N–H and O–H groups in total. The molecule has 0 aromatic carbocycles. The van der Waals surface area contributed by atoms with Crippen LogP contribution in [0.2, 0.25) is 0 Å². The van der Waals surface area contributed by atoms with Gasteiger partial charge in [0.1, 0.15) is 54.9 Å². The molecule has 0 aromatic heterocycles. The normalized spacial score (nSPS) is 34.9. The Balaban J connectivity index is 1.75. The SMILES string of the molecule is CCCCCCCCCCCCCCCCCCOP(=O)(O)O[C@@H]1[C@H](OC)[C@H](O)[C@@H](O)[C@H](O)[C@H]1O[C@H]1O[C@H](CO)[C@@H](O)[C@H](O)[C@H]1N. The molecule has 0 radical (unpaired) electrons. The lowest BCUT2D eigenvalue weighted by Crippen LogP contribution is -2.68. The minimum absolute atomic E-state index is 0.0747. The molecule has 274 valence electrons. The van der Waals surface area contributed by atoms with E-state index < -0.39 is 81.7 Å². The van der Waals surface area contributed by atoms with Crippen LogP contribution in [-0.2, 0) is 27.8 Å². The zero-order valence-electron chi connectivity index (χ0n) is 27.7. The van der Waals surface area contributed by atoms with Gasteiger partial charge < -0.3 is 55.5 Å². The van der Waals surface area contributed by atoms with Crippen LogP contribution >= 0.6 is 7.82 Å². The Bertz CT molecular complexity index is 842. The Morgan fingerprint density at radius 3 is 1.63 bits per heavy atom. The first-order valence-electron chi connectivity index (χ1n) is 17.2. The van der Waals surface area contributed by atoms with Crippen molar-refractivity contribution < 1.29 is 63.4 Å². The second kappa shape index (κ2) is 22.4. The average molecular weight is 688 g/mol. The van der Waals surface area contributed by atoms with Crippen molar-refractivity contribution in [2.45, 2.75) is 177 Å². The molecule has 46 heavy (non-hydrogen) atoms. The van der Waals surface area contributed by atoms with Gasteiger partial charge in [0, 0.05) is 7.11 Å². The monoisotopic (exact) mass is 687 g/mol. The number of rotatable bonds is 24. The van der Waals surface area contributed by atoms with E-state index in [1.54, 1.807) is 0 Å². The fourth-order valence-corrected chi connectivity index (χ4v) is 7.08. The highest BCUT2D eigenvalue weighted by atomic mass is 31.2. The molecule has 1 saturated heterocycles. The van der Waals surface area contributed by atoms with Crippen LogP contribution in [-0.4, -0.2) is 123 Å². The van der Waals surface area contributed by atoms with Crippen LogP contribution in [0.5, 0.6) is 0 Å². The van der Waals surface area contributed by atoms with Crippen LogP contribution in [0.1, 0.15) is 110 Å². The van der Waals surface area contributed by atoms with Crippen molar-refractivity contribution in [3.63, 3.8) is 0 Å². The third kappa shape index (κ3) is 13.5. The van der Waals surface area contributed by atoms with E-state index in [9.17, 15) is 40.1 Å². The molecule has 0 bridgehead atoms. The minimum Gasteiger partial charge on any atom is -0.394 e. The summed E-state index contributed by atoms with van der Waals surface area (Å²) in [5.41, 5.74) is 5.94. The van der Waals surface area contributed by atoms with Crippen molar-refractivity contribution in [1.82, 2.24) is 0 Å². The second-order valence-corrected chi connectivity index (χ2v) is 14.1. The largest absolute Gasteiger partial charge is 0.472 e. The molecule has 0 amide bonds. The van der Waals surface area contributed by atoms with Gasteiger partial charge in [-0.25, -0.2) is 4.57 Å². The molecular formula is C31H62NO13P.